The van der Waals surface area contributed by atoms with E-state index in [9.17, 15) is 4.79 Å². The third-order valence-electron chi connectivity index (χ3n) is 13.9. The largest absolute Gasteiger partial charge is 0.444 e. The predicted molar refractivity (Wildman–Crippen MR) is 240 cm³/mol. The van der Waals surface area contributed by atoms with E-state index in [-0.39, 0.29) is 33.5 Å². The van der Waals surface area contributed by atoms with Crippen LogP contribution in [0, 0.1) is 12.3 Å². The first-order valence-corrected chi connectivity index (χ1v) is 23.7. The zero-order chi connectivity index (χ0) is 42.2. The van der Waals surface area contributed by atoms with E-state index in [0.29, 0.717) is 25.6 Å². The Morgan fingerprint density at radius 3 is 2.15 bits per heavy atom. The highest BCUT2D eigenvalue weighted by Crippen LogP contribution is 2.63. The number of aromatic nitrogens is 3. The summed E-state index contributed by atoms with van der Waals surface area (Å²) in [7, 11) is -2.85. The number of pyridine rings is 1. The van der Waals surface area contributed by atoms with Crippen LogP contribution in [0.1, 0.15) is 91.1 Å². The highest BCUT2D eigenvalue weighted by molar-refractivity contribution is 6.99. The molecule has 11 heteroatoms. The molecule has 3 saturated heterocycles. The number of benzene rings is 3. The minimum atomic E-state index is -2.85. The van der Waals surface area contributed by atoms with Gasteiger partial charge in [-0.25, -0.2) is 14.3 Å². The van der Waals surface area contributed by atoms with Crippen molar-refractivity contribution < 1.29 is 18.7 Å². The summed E-state index contributed by atoms with van der Waals surface area (Å²) in [5, 5.41) is 14.8. The zero-order valence-electron chi connectivity index (χ0n) is 36.7. The van der Waals surface area contributed by atoms with Gasteiger partial charge in [0.1, 0.15) is 11.2 Å². The number of fused-ring (bicyclic) bond motifs is 2. The van der Waals surface area contributed by atoms with Crippen LogP contribution < -0.4 is 25.9 Å². The highest BCUT2D eigenvalue weighted by Gasteiger charge is 2.74. The molecule has 4 atom stereocenters. The van der Waals surface area contributed by atoms with Crippen LogP contribution in [0.25, 0.3) is 5.65 Å². The normalized spacial score (nSPS) is 25.9. The number of alkyl carbamates (subject to hydrolysis) is 1. The average molecular weight is 827 g/mol. The molecule has 0 radical (unpaired) electrons. The van der Waals surface area contributed by atoms with Gasteiger partial charge in [0.05, 0.1) is 30.1 Å². The summed E-state index contributed by atoms with van der Waals surface area (Å²) in [4.78, 5) is 20.8. The van der Waals surface area contributed by atoms with Gasteiger partial charge in [0, 0.05) is 37.1 Å². The number of aryl methyl sites for hydroxylation is 1. The zero-order valence-corrected chi connectivity index (χ0v) is 37.7. The molecule has 5 aliphatic rings. The number of nitrogens with zero attached hydrogens (tertiary/aromatic N) is 4. The summed E-state index contributed by atoms with van der Waals surface area (Å²) in [6.07, 6.45) is 5.32. The molecule has 2 saturated carbocycles. The molecule has 1 amide bonds. The molecule has 3 aliphatic heterocycles. The van der Waals surface area contributed by atoms with Gasteiger partial charge < -0.3 is 29.4 Å². The second-order valence-electron chi connectivity index (χ2n) is 20.6. The predicted octanol–water partition coefficient (Wildman–Crippen LogP) is 7.41. The van der Waals surface area contributed by atoms with Crippen molar-refractivity contribution in [3.63, 3.8) is 0 Å². The molecular weight excluding hydrogens is 765 g/mol. The molecule has 2 aliphatic carbocycles. The minimum absolute atomic E-state index is 0.0796. The van der Waals surface area contributed by atoms with Crippen LogP contribution in [0.5, 0.6) is 0 Å². The summed E-state index contributed by atoms with van der Waals surface area (Å²) in [5.41, 5.74) is 2.47. The fourth-order valence-corrected chi connectivity index (χ4v) is 15.2. The summed E-state index contributed by atoms with van der Waals surface area (Å²) in [6.45, 7) is 20.7. The van der Waals surface area contributed by atoms with Gasteiger partial charge in [0.25, 0.3) is 8.32 Å². The molecule has 2 N–H and O–H groups in total. The summed E-state index contributed by atoms with van der Waals surface area (Å²) in [5.74, 6) is 0.694. The van der Waals surface area contributed by atoms with Crippen LogP contribution in [0.3, 0.4) is 0 Å². The fourth-order valence-electron chi connectivity index (χ4n) is 10.5. The molecule has 60 heavy (non-hydrogen) atoms. The van der Waals surface area contributed by atoms with Gasteiger partial charge in [-0.2, -0.15) is 0 Å². The Kier molecular flexibility index (Phi) is 9.89. The first-order chi connectivity index (χ1) is 28.5. The van der Waals surface area contributed by atoms with Crippen LogP contribution >= 0.6 is 0 Å². The van der Waals surface area contributed by atoms with Gasteiger partial charge in [-0.05, 0) is 86.0 Å². The van der Waals surface area contributed by atoms with E-state index in [4.69, 9.17) is 24.0 Å². The number of nitrogens with one attached hydrogen (secondary N) is 2. The number of amides is 1. The Labute approximate surface area is 356 Å². The monoisotopic (exact) mass is 826 g/mol. The first-order valence-electron chi connectivity index (χ1n) is 21.8. The van der Waals surface area contributed by atoms with Gasteiger partial charge in [0.15, 0.2) is 11.5 Å². The number of anilines is 1. The van der Waals surface area contributed by atoms with Crippen molar-refractivity contribution in [3.05, 3.63) is 120 Å². The van der Waals surface area contributed by atoms with Crippen LogP contribution in [0.4, 0.5) is 10.5 Å². The van der Waals surface area contributed by atoms with E-state index in [2.05, 4.69) is 153 Å². The number of hydrogen-bond donors (Lipinski definition) is 2. The van der Waals surface area contributed by atoms with Gasteiger partial charge in [-0.1, -0.05) is 119 Å². The number of carbonyl (C=O) groups excluding carboxylic acids is 1. The van der Waals surface area contributed by atoms with Crippen LogP contribution in [0.15, 0.2) is 103 Å². The number of carbonyl (C=O) groups is 1. The van der Waals surface area contributed by atoms with Gasteiger partial charge in [0.2, 0.25) is 0 Å². The lowest BCUT2D eigenvalue weighted by Crippen LogP contribution is -2.71. The molecule has 5 heterocycles. The summed E-state index contributed by atoms with van der Waals surface area (Å²) < 4.78 is 22.3. The topological polar surface area (TPSA) is 102 Å². The maximum Gasteiger partial charge on any atom is 0.408 e. The highest BCUT2D eigenvalue weighted by atomic mass is 28.4. The minimum Gasteiger partial charge on any atom is -0.444 e. The van der Waals surface area contributed by atoms with Crippen LogP contribution in [-0.2, 0) is 24.9 Å². The Hall–Kier alpha value is -4.55. The Bertz CT molecular complexity index is 2320. The molecule has 5 aromatic rings. The Balaban J connectivity index is 1.04. The molecular formula is C49H62N6O4Si. The number of rotatable bonds is 12. The smallest absolute Gasteiger partial charge is 0.408 e. The molecule has 3 unspecified atom stereocenters. The molecule has 316 valence electrons. The van der Waals surface area contributed by atoms with Gasteiger partial charge in [-0.3, -0.25) is 0 Å². The van der Waals surface area contributed by atoms with Gasteiger partial charge in [-0.15, -0.1) is 5.10 Å². The summed E-state index contributed by atoms with van der Waals surface area (Å²) in [6, 6.07) is 34.7. The number of ether oxygens (including phenoxy) is 2. The molecule has 10 nitrogen and oxygen atoms in total. The maximum atomic E-state index is 13.0. The SMILES string of the molecule is Cc1cc(N2CC[C@](C)(c3ccccc3)C2)cn2nc(C34CC(CO[Si](c5ccccc5)(c5ccccc5)C(C)(C)C)(CO3)C4NCC3(NC(=O)OC(C)(C)C)CC3)nc12. The maximum absolute atomic E-state index is 13.0. The van der Waals surface area contributed by atoms with Crippen molar-refractivity contribution in [2.75, 3.05) is 37.7 Å². The Morgan fingerprint density at radius 2 is 1.55 bits per heavy atom. The fraction of sp³-hybridized carbons (Fsp3) is 0.490. The third-order valence-corrected chi connectivity index (χ3v) is 18.8. The third kappa shape index (κ3) is 7.05. The standard InChI is InChI=1S/C49H62N6O4Si/c1-35-28-37(54-27-26-46(8,32-54)36-18-12-9-13-19-36)29-55-40(35)51-42(53-55)49-30-47(33-57-49,41(49)50-31-48(24-25-48)52-43(56)59-44(2,3)4)34-58-60(45(5,6)7,38-20-14-10-15-21-38)39-22-16-11-17-23-39/h9-23,28-29,41,50H,24-27,30-34H2,1-8H3,(H,52,56)/t41?,46-,47?,49?/m0/s1. The molecule has 5 fully saturated rings. The van der Waals surface area contributed by atoms with Crippen molar-refractivity contribution >= 4 is 36.1 Å². The molecule has 2 aromatic heterocycles. The van der Waals surface area contributed by atoms with Crippen LogP contribution in [0.2, 0.25) is 5.04 Å². The van der Waals surface area contributed by atoms with Crippen molar-refractivity contribution in [1.82, 2.24) is 25.2 Å². The quantitative estimate of drug-likeness (QED) is 0.126. The van der Waals surface area contributed by atoms with Gasteiger partial charge >= 0.3 is 6.09 Å². The second kappa shape index (κ2) is 14.5. The lowest BCUT2D eigenvalue weighted by atomic mass is 9.58. The van der Waals surface area contributed by atoms with Crippen molar-refractivity contribution in [1.29, 1.82) is 0 Å². The van der Waals surface area contributed by atoms with Crippen LogP contribution in [-0.4, -0.2) is 79.0 Å². The first kappa shape index (κ1) is 40.8. The lowest BCUT2D eigenvalue weighted by Gasteiger charge is -2.53. The lowest BCUT2D eigenvalue weighted by molar-refractivity contribution is -0.0783. The van der Waals surface area contributed by atoms with E-state index >= 15 is 0 Å². The van der Waals surface area contributed by atoms with E-state index in [1.807, 2.05) is 25.3 Å². The second-order valence-corrected chi connectivity index (χ2v) is 24.9. The van der Waals surface area contributed by atoms with Crippen molar-refractivity contribution in [2.24, 2.45) is 5.41 Å². The molecule has 3 aromatic carbocycles. The van der Waals surface area contributed by atoms with E-state index in [1.165, 1.54) is 15.9 Å². The van der Waals surface area contributed by atoms with E-state index in [0.717, 1.165) is 55.7 Å². The number of hydrogen-bond acceptors (Lipinski definition) is 8. The molecule has 10 rings (SSSR count). The van der Waals surface area contributed by atoms with Crippen molar-refractivity contribution in [2.45, 2.75) is 114 Å². The van der Waals surface area contributed by atoms with E-state index in [1.54, 1.807) is 0 Å². The molecule has 0 spiro atoms. The Morgan fingerprint density at radius 1 is 0.917 bits per heavy atom. The van der Waals surface area contributed by atoms with E-state index < -0.39 is 19.5 Å². The average Bonchev–Trinajstić information content (AvgIpc) is 3.55. The summed E-state index contributed by atoms with van der Waals surface area (Å²) >= 11 is 0. The van der Waals surface area contributed by atoms with Crippen molar-refractivity contribution in [3.8, 4) is 0 Å². The molecule has 2 bridgehead atoms.